The summed E-state index contributed by atoms with van der Waals surface area (Å²) in [6.07, 6.45) is 5.85. The summed E-state index contributed by atoms with van der Waals surface area (Å²) < 4.78 is 5.41. The number of carboxylic acids is 1. The van der Waals surface area contributed by atoms with Crippen molar-refractivity contribution in [3.05, 3.63) is 0 Å². The van der Waals surface area contributed by atoms with Gasteiger partial charge in [-0.05, 0) is 19.8 Å². The van der Waals surface area contributed by atoms with Gasteiger partial charge in [0.1, 0.15) is 0 Å². The molecule has 3 heteroatoms. The summed E-state index contributed by atoms with van der Waals surface area (Å²) in [7, 11) is 0. The predicted octanol–water partition coefficient (Wildman–Crippen LogP) is 2.84. The maximum atomic E-state index is 11.3. The fourth-order valence-electron chi connectivity index (χ4n) is 2.36. The van der Waals surface area contributed by atoms with Gasteiger partial charge in [0.15, 0.2) is 0 Å². The van der Waals surface area contributed by atoms with Gasteiger partial charge in [-0.25, -0.2) is 0 Å². The normalized spacial score (nSPS) is 30.7. The molecule has 0 aromatic rings. The minimum absolute atomic E-state index is 0.128. The summed E-state index contributed by atoms with van der Waals surface area (Å²) in [6, 6.07) is 0. The summed E-state index contributed by atoms with van der Waals surface area (Å²) in [6.45, 7) is 4.65. The lowest BCUT2D eigenvalue weighted by Gasteiger charge is -2.27. The van der Waals surface area contributed by atoms with E-state index in [0.717, 1.165) is 19.3 Å². The molecule has 1 aliphatic heterocycles. The van der Waals surface area contributed by atoms with Crippen LogP contribution in [-0.4, -0.2) is 23.8 Å². The van der Waals surface area contributed by atoms with Crippen molar-refractivity contribution < 1.29 is 14.6 Å². The van der Waals surface area contributed by atoms with Crippen molar-refractivity contribution in [3.8, 4) is 0 Å². The molecule has 2 unspecified atom stereocenters. The first-order chi connectivity index (χ1) is 7.13. The molecule has 1 fully saturated rings. The summed E-state index contributed by atoms with van der Waals surface area (Å²) in [5, 5.41) is 9.31. The van der Waals surface area contributed by atoms with E-state index in [1.165, 1.54) is 12.8 Å². The lowest BCUT2D eigenvalue weighted by Crippen LogP contribution is -2.37. The summed E-state index contributed by atoms with van der Waals surface area (Å²) in [5.41, 5.74) is -0.603. The summed E-state index contributed by atoms with van der Waals surface area (Å²) in [5.74, 6) is -0.677. The number of hydrogen-bond acceptors (Lipinski definition) is 2. The van der Waals surface area contributed by atoms with Crippen LogP contribution in [0.15, 0.2) is 0 Å². The molecule has 0 radical (unpaired) electrons. The van der Waals surface area contributed by atoms with E-state index in [4.69, 9.17) is 4.74 Å². The Balaban J connectivity index is 2.47. The van der Waals surface area contributed by atoms with Gasteiger partial charge in [-0.1, -0.05) is 32.6 Å². The number of carboxylic acid groups (broad SMARTS) is 1. The molecule has 0 aliphatic carbocycles. The van der Waals surface area contributed by atoms with Crippen LogP contribution in [0.1, 0.15) is 52.4 Å². The molecule has 3 nitrogen and oxygen atoms in total. The zero-order chi connectivity index (χ0) is 11.3. The van der Waals surface area contributed by atoms with Crippen molar-refractivity contribution >= 4 is 5.97 Å². The molecule has 0 saturated carbocycles. The van der Waals surface area contributed by atoms with Gasteiger partial charge in [0, 0.05) is 6.61 Å². The van der Waals surface area contributed by atoms with Crippen molar-refractivity contribution in [2.24, 2.45) is 5.41 Å². The Kier molecular flexibility index (Phi) is 4.58. The van der Waals surface area contributed by atoms with Gasteiger partial charge in [-0.15, -0.1) is 0 Å². The number of hydrogen-bond donors (Lipinski definition) is 1. The van der Waals surface area contributed by atoms with Crippen molar-refractivity contribution in [2.45, 2.75) is 58.5 Å². The monoisotopic (exact) mass is 214 g/mol. The highest BCUT2D eigenvalue weighted by Gasteiger charge is 2.47. The lowest BCUT2D eigenvalue weighted by atomic mass is 9.77. The van der Waals surface area contributed by atoms with Crippen LogP contribution >= 0.6 is 0 Å². The molecule has 1 saturated heterocycles. The summed E-state index contributed by atoms with van der Waals surface area (Å²) >= 11 is 0. The maximum Gasteiger partial charge on any atom is 0.312 e. The second kappa shape index (κ2) is 5.50. The molecule has 15 heavy (non-hydrogen) atoms. The van der Waals surface area contributed by atoms with Gasteiger partial charge in [0.2, 0.25) is 0 Å². The van der Waals surface area contributed by atoms with E-state index in [1.54, 1.807) is 0 Å². The van der Waals surface area contributed by atoms with E-state index in [2.05, 4.69) is 6.92 Å². The molecular formula is C12H22O3. The first-order valence-electron chi connectivity index (χ1n) is 5.98. The average molecular weight is 214 g/mol. The number of carbonyl (C=O) groups is 1. The van der Waals surface area contributed by atoms with E-state index >= 15 is 0 Å². The van der Waals surface area contributed by atoms with Gasteiger partial charge in [0.25, 0.3) is 0 Å². The van der Waals surface area contributed by atoms with E-state index in [-0.39, 0.29) is 6.10 Å². The largest absolute Gasteiger partial charge is 0.481 e. The molecule has 0 aromatic heterocycles. The molecular weight excluding hydrogens is 192 g/mol. The predicted molar refractivity (Wildman–Crippen MR) is 58.9 cm³/mol. The van der Waals surface area contributed by atoms with Crippen LogP contribution in [0.4, 0.5) is 0 Å². The lowest BCUT2D eigenvalue weighted by molar-refractivity contribution is -0.152. The highest BCUT2D eigenvalue weighted by molar-refractivity contribution is 5.75. The fourth-order valence-corrected chi connectivity index (χ4v) is 2.36. The van der Waals surface area contributed by atoms with Crippen LogP contribution in [0.3, 0.4) is 0 Å². The molecule has 1 N–H and O–H groups in total. The molecule has 0 aromatic carbocycles. The SMILES string of the molecule is CCCCCCC1(C(=O)O)CCOC1C. The van der Waals surface area contributed by atoms with Crippen LogP contribution in [0.25, 0.3) is 0 Å². The van der Waals surface area contributed by atoms with Gasteiger partial charge < -0.3 is 9.84 Å². The Morgan fingerprint density at radius 2 is 2.20 bits per heavy atom. The van der Waals surface area contributed by atoms with Crippen molar-refractivity contribution in [1.29, 1.82) is 0 Å². The van der Waals surface area contributed by atoms with E-state index in [1.807, 2.05) is 6.92 Å². The van der Waals surface area contributed by atoms with Crippen LogP contribution in [0.5, 0.6) is 0 Å². The second-order valence-corrected chi connectivity index (χ2v) is 4.53. The minimum atomic E-state index is -0.677. The van der Waals surface area contributed by atoms with Crippen LogP contribution < -0.4 is 0 Å². The van der Waals surface area contributed by atoms with E-state index in [9.17, 15) is 9.90 Å². The van der Waals surface area contributed by atoms with Crippen molar-refractivity contribution in [3.63, 3.8) is 0 Å². The fraction of sp³-hybridized carbons (Fsp3) is 0.917. The molecule has 88 valence electrons. The van der Waals surface area contributed by atoms with Gasteiger partial charge in [-0.3, -0.25) is 4.79 Å². The van der Waals surface area contributed by atoms with Crippen molar-refractivity contribution in [2.75, 3.05) is 6.61 Å². The molecule has 1 rings (SSSR count). The molecule has 1 heterocycles. The first-order valence-corrected chi connectivity index (χ1v) is 5.98. The van der Waals surface area contributed by atoms with Gasteiger partial charge in [-0.2, -0.15) is 0 Å². The number of ether oxygens (including phenoxy) is 1. The van der Waals surface area contributed by atoms with E-state index < -0.39 is 11.4 Å². The second-order valence-electron chi connectivity index (χ2n) is 4.53. The third kappa shape index (κ3) is 2.71. The Labute approximate surface area is 91.8 Å². The maximum absolute atomic E-state index is 11.3. The van der Waals surface area contributed by atoms with E-state index in [0.29, 0.717) is 13.0 Å². The third-order valence-corrected chi connectivity index (χ3v) is 3.60. The topological polar surface area (TPSA) is 46.5 Å². The molecule has 0 spiro atoms. The van der Waals surface area contributed by atoms with Crippen LogP contribution in [-0.2, 0) is 9.53 Å². The van der Waals surface area contributed by atoms with Crippen LogP contribution in [0.2, 0.25) is 0 Å². The van der Waals surface area contributed by atoms with Crippen molar-refractivity contribution in [1.82, 2.24) is 0 Å². The quantitative estimate of drug-likeness (QED) is 0.691. The Hall–Kier alpha value is -0.570. The molecule has 0 amide bonds. The Morgan fingerprint density at radius 1 is 1.47 bits per heavy atom. The van der Waals surface area contributed by atoms with Gasteiger partial charge in [0.05, 0.1) is 11.5 Å². The van der Waals surface area contributed by atoms with Crippen LogP contribution in [0, 0.1) is 5.41 Å². The zero-order valence-corrected chi connectivity index (χ0v) is 9.79. The zero-order valence-electron chi connectivity index (χ0n) is 9.79. The summed E-state index contributed by atoms with van der Waals surface area (Å²) in [4.78, 5) is 11.3. The number of unbranched alkanes of at least 4 members (excludes halogenated alkanes) is 3. The third-order valence-electron chi connectivity index (χ3n) is 3.60. The molecule has 2 atom stereocenters. The number of rotatable bonds is 6. The van der Waals surface area contributed by atoms with Gasteiger partial charge >= 0.3 is 5.97 Å². The molecule has 0 bridgehead atoms. The standard InChI is InChI=1S/C12H22O3/c1-3-4-5-6-7-12(11(13)14)8-9-15-10(12)2/h10H,3-9H2,1-2H3,(H,13,14). The smallest absolute Gasteiger partial charge is 0.312 e. The Bertz CT molecular complexity index is 215. The number of aliphatic carboxylic acids is 1. The Morgan fingerprint density at radius 3 is 2.67 bits per heavy atom. The first kappa shape index (κ1) is 12.5. The minimum Gasteiger partial charge on any atom is -0.481 e. The average Bonchev–Trinajstić information content (AvgIpc) is 2.56. The molecule has 1 aliphatic rings. The highest BCUT2D eigenvalue weighted by Crippen LogP contribution is 2.40. The highest BCUT2D eigenvalue weighted by atomic mass is 16.5.